The Labute approximate surface area is 289 Å². The smallest absolute Gasteiger partial charge is 0.264 e. The third-order valence-corrected chi connectivity index (χ3v) is 7.77. The molecule has 2 heterocycles. The second-order valence-corrected chi connectivity index (χ2v) is 11.1. The van der Waals surface area contributed by atoms with Crippen LogP contribution in [0.1, 0.15) is 16.7 Å². The van der Waals surface area contributed by atoms with Gasteiger partial charge in [0.25, 0.3) is 11.1 Å². The highest BCUT2D eigenvalue weighted by Gasteiger charge is 2.15. The van der Waals surface area contributed by atoms with Gasteiger partial charge in [-0.1, -0.05) is 19.5 Å². The van der Waals surface area contributed by atoms with Gasteiger partial charge in [0.05, 0.1) is 21.9 Å². The highest BCUT2D eigenvalue weighted by atomic mass is 79.9. The van der Waals surface area contributed by atoms with Crippen molar-refractivity contribution in [2.75, 3.05) is 0 Å². The number of halogens is 1. The lowest BCUT2D eigenvalue weighted by atomic mass is 9.84. The van der Waals surface area contributed by atoms with Crippen molar-refractivity contribution >= 4 is 50.8 Å². The first-order chi connectivity index (χ1) is 23.5. The van der Waals surface area contributed by atoms with E-state index in [1.807, 2.05) is 26.2 Å². The van der Waals surface area contributed by atoms with Crippen LogP contribution in [0, 0.1) is 22.7 Å². The first kappa shape index (κ1) is 35.4. The predicted molar refractivity (Wildman–Crippen MR) is 195 cm³/mol. The number of phenolic OH excluding ortho intramolecular Hbond substituents is 4. The molecule has 0 unspecified atom stereocenters. The van der Waals surface area contributed by atoms with Crippen LogP contribution in [0.25, 0.3) is 39.0 Å². The number of nitriles is 2. The van der Waals surface area contributed by atoms with Gasteiger partial charge in [-0.05, 0) is 94.3 Å². The van der Waals surface area contributed by atoms with E-state index in [1.165, 1.54) is 57.7 Å². The van der Waals surface area contributed by atoms with Crippen LogP contribution in [0.3, 0.4) is 0 Å². The summed E-state index contributed by atoms with van der Waals surface area (Å²) in [7, 11) is 1.89. The molecule has 0 amide bonds. The van der Waals surface area contributed by atoms with Gasteiger partial charge in [-0.3, -0.25) is 18.7 Å². The molecular formula is C37H27BBrN4O6. The number of rotatable bonds is 4. The number of aromatic nitrogens is 2. The van der Waals surface area contributed by atoms with Crippen LogP contribution in [0.2, 0.25) is 6.82 Å². The van der Waals surface area contributed by atoms with Crippen LogP contribution < -0.4 is 11.1 Å². The molecule has 6 rings (SSSR count). The van der Waals surface area contributed by atoms with Crippen molar-refractivity contribution in [3.8, 4) is 46.5 Å². The highest BCUT2D eigenvalue weighted by Crippen LogP contribution is 2.29. The molecule has 10 nitrogen and oxygen atoms in total. The fourth-order valence-electron chi connectivity index (χ4n) is 4.83. The van der Waals surface area contributed by atoms with E-state index in [0.29, 0.717) is 32.2 Å². The minimum Gasteiger partial charge on any atom is -0.508 e. The van der Waals surface area contributed by atoms with Crippen molar-refractivity contribution in [2.45, 2.75) is 6.82 Å². The molecule has 0 aliphatic rings. The van der Waals surface area contributed by atoms with Crippen molar-refractivity contribution in [1.29, 1.82) is 10.5 Å². The highest BCUT2D eigenvalue weighted by molar-refractivity contribution is 9.10. The number of hydrogen-bond donors (Lipinski definition) is 4. The number of benzene rings is 4. The molecule has 2 aromatic heterocycles. The second-order valence-electron chi connectivity index (χ2n) is 10.3. The van der Waals surface area contributed by atoms with Gasteiger partial charge in [-0.15, -0.1) is 12.6 Å². The molecule has 0 aliphatic heterocycles. The summed E-state index contributed by atoms with van der Waals surface area (Å²) in [6, 6.07) is 21.6. The normalized spacial score (nSPS) is 10.0. The van der Waals surface area contributed by atoms with Gasteiger partial charge in [0.2, 0.25) is 0 Å². The molecule has 0 spiro atoms. The SMILES string of the molecule is C=C[B]C.C=Cc1cn(-c2ccc(O)cc2)c(=O)c2c(C#N)cc(O)cc12.N#Cc1cc(O)cc2c(Br)cn(-c3ccc(O)cc3)c(=O)c12. The van der Waals surface area contributed by atoms with E-state index in [-0.39, 0.29) is 56.0 Å². The van der Waals surface area contributed by atoms with E-state index in [1.54, 1.807) is 48.7 Å². The Morgan fingerprint density at radius 2 is 1.10 bits per heavy atom. The molecule has 4 aromatic carbocycles. The molecular weight excluding hydrogens is 687 g/mol. The number of phenols is 4. The molecule has 1 radical (unpaired) electrons. The van der Waals surface area contributed by atoms with Gasteiger partial charge in [-0.2, -0.15) is 10.5 Å². The van der Waals surface area contributed by atoms with Gasteiger partial charge in [0.15, 0.2) is 0 Å². The minimum atomic E-state index is -0.382. The topological polar surface area (TPSA) is 172 Å². The summed E-state index contributed by atoms with van der Waals surface area (Å²) in [5.41, 5.74) is 1.17. The molecule has 241 valence electrons. The summed E-state index contributed by atoms with van der Waals surface area (Å²) in [5.74, 6) is 1.78. The number of pyridine rings is 2. The maximum atomic E-state index is 12.8. The molecule has 0 saturated heterocycles. The minimum absolute atomic E-state index is 0.0773. The molecule has 0 atom stereocenters. The summed E-state index contributed by atoms with van der Waals surface area (Å²) in [6.45, 7) is 9.09. The number of nitrogens with zero attached hydrogens (tertiary/aromatic N) is 4. The van der Waals surface area contributed by atoms with E-state index in [4.69, 9.17) is 0 Å². The van der Waals surface area contributed by atoms with E-state index >= 15 is 0 Å². The van der Waals surface area contributed by atoms with E-state index in [9.17, 15) is 40.5 Å². The third kappa shape index (κ3) is 7.57. The zero-order valence-electron chi connectivity index (χ0n) is 26.0. The molecule has 12 heteroatoms. The summed E-state index contributed by atoms with van der Waals surface area (Å²) in [4.78, 5) is 25.5. The van der Waals surface area contributed by atoms with Gasteiger partial charge >= 0.3 is 0 Å². The quantitative estimate of drug-likeness (QED) is 0.144. The van der Waals surface area contributed by atoms with Crippen LogP contribution in [0.4, 0.5) is 0 Å². The Bertz CT molecular complexity index is 2420. The summed E-state index contributed by atoms with van der Waals surface area (Å²) in [5, 5.41) is 58.0. The Morgan fingerprint density at radius 1 is 0.694 bits per heavy atom. The van der Waals surface area contributed by atoms with Crippen LogP contribution in [0.15, 0.2) is 118 Å². The summed E-state index contributed by atoms with van der Waals surface area (Å²) in [6.07, 6.45) is 4.71. The zero-order valence-corrected chi connectivity index (χ0v) is 27.6. The average Bonchev–Trinajstić information content (AvgIpc) is 3.10. The average molecular weight is 714 g/mol. The molecule has 49 heavy (non-hydrogen) atoms. The van der Waals surface area contributed by atoms with E-state index in [2.05, 4.69) is 29.1 Å². The van der Waals surface area contributed by atoms with Crippen LogP contribution in [-0.2, 0) is 0 Å². The number of hydrogen-bond acceptors (Lipinski definition) is 8. The van der Waals surface area contributed by atoms with E-state index in [0.717, 1.165) is 0 Å². The first-order valence-corrected chi connectivity index (χ1v) is 15.2. The number of aromatic hydroxyl groups is 4. The Kier molecular flexibility index (Phi) is 11.1. The molecule has 6 aromatic rings. The molecule has 4 N–H and O–H groups in total. The van der Waals surface area contributed by atoms with Crippen LogP contribution in [0.5, 0.6) is 23.0 Å². The lowest BCUT2D eigenvalue weighted by Gasteiger charge is -2.12. The monoisotopic (exact) mass is 713 g/mol. The Hall–Kier alpha value is -6.50. The van der Waals surface area contributed by atoms with Gasteiger partial charge in [-0.25, -0.2) is 0 Å². The van der Waals surface area contributed by atoms with Gasteiger partial charge in [0.1, 0.15) is 42.4 Å². The third-order valence-electron chi connectivity index (χ3n) is 7.14. The van der Waals surface area contributed by atoms with Crippen LogP contribution in [-0.4, -0.2) is 36.8 Å². The summed E-state index contributed by atoms with van der Waals surface area (Å²) < 4.78 is 3.34. The molecule has 0 saturated carbocycles. The standard InChI is InChI=1S/C18H12N2O3.C16H9BrN2O3.C3H6B/c1-2-11-10-20(13-3-5-14(21)6-4-13)18(23)17-12(9-19)7-15(22)8-16(11)17;17-14-8-19(10-1-3-11(20)4-2-10)16(22)15-9(7-18)5-12(21)6-13(14)15;1-3-4-2/h2-8,10,21-22H,1H2;1-6,8,20-21H;3H,1H2,2H3. The van der Waals surface area contributed by atoms with Crippen molar-refractivity contribution in [2.24, 2.45) is 0 Å². The largest absolute Gasteiger partial charge is 0.508 e. The van der Waals surface area contributed by atoms with Crippen molar-refractivity contribution in [3.63, 3.8) is 0 Å². The fourth-order valence-corrected chi connectivity index (χ4v) is 5.35. The van der Waals surface area contributed by atoms with Crippen LogP contribution >= 0.6 is 15.9 Å². The van der Waals surface area contributed by atoms with Crippen molar-refractivity contribution < 1.29 is 20.4 Å². The van der Waals surface area contributed by atoms with Gasteiger partial charge in [0, 0.05) is 39.0 Å². The lowest BCUT2D eigenvalue weighted by Crippen LogP contribution is -2.19. The number of fused-ring (bicyclic) bond motifs is 2. The fraction of sp³-hybridized carbons (Fsp3) is 0.0270. The molecule has 0 aliphatic carbocycles. The first-order valence-electron chi connectivity index (χ1n) is 14.4. The summed E-state index contributed by atoms with van der Waals surface area (Å²) >= 11 is 3.36. The van der Waals surface area contributed by atoms with Gasteiger partial charge < -0.3 is 20.4 Å². The predicted octanol–water partition coefficient (Wildman–Crippen LogP) is 6.83. The maximum Gasteiger partial charge on any atom is 0.264 e. The van der Waals surface area contributed by atoms with Crippen molar-refractivity contribution in [1.82, 2.24) is 9.13 Å². The Balaban J connectivity index is 0.000000199. The molecule has 0 fully saturated rings. The lowest BCUT2D eigenvalue weighted by molar-refractivity contribution is 0.474. The Morgan fingerprint density at radius 3 is 1.51 bits per heavy atom. The van der Waals surface area contributed by atoms with E-state index < -0.39 is 0 Å². The molecule has 0 bridgehead atoms. The zero-order chi connectivity index (χ0) is 35.8. The van der Waals surface area contributed by atoms with Crippen molar-refractivity contribution in [3.05, 3.63) is 146 Å². The maximum absolute atomic E-state index is 12.8. The second kappa shape index (κ2) is 15.4.